The number of non-ortho nitro benzene ring substituents is 1. The largest absolute Gasteiger partial charge is 0.492 e. The van der Waals surface area contributed by atoms with Crippen LogP contribution in [0.5, 0.6) is 5.75 Å². The Bertz CT molecular complexity index is 1070. The van der Waals surface area contributed by atoms with E-state index in [0.717, 1.165) is 16.8 Å². The number of sulfonamides is 1. The minimum atomic E-state index is -3.81. The molecule has 160 valence electrons. The average Bonchev–Trinajstić information content (AvgIpc) is 2.67. The van der Waals surface area contributed by atoms with Crippen LogP contribution >= 0.6 is 11.6 Å². The molecule has 2 aromatic rings. The number of halogens is 1. The lowest BCUT2D eigenvalue weighted by Crippen LogP contribution is -2.39. The monoisotopic (exact) mass is 454 g/mol. The zero-order chi connectivity index (χ0) is 22.3. The Morgan fingerprint density at radius 3 is 2.67 bits per heavy atom. The molecule has 10 nitrogen and oxygen atoms in total. The number of nitrogens with one attached hydrogen (secondary N) is 1. The zero-order valence-electron chi connectivity index (χ0n) is 16.1. The number of para-hydroxylation sites is 2. The summed E-state index contributed by atoms with van der Waals surface area (Å²) in [5, 5.41) is 14.7. The van der Waals surface area contributed by atoms with Crippen molar-refractivity contribution in [1.29, 1.82) is 0 Å². The van der Waals surface area contributed by atoms with E-state index in [1.807, 2.05) is 0 Å². The molecule has 0 aliphatic heterocycles. The van der Waals surface area contributed by atoms with Gasteiger partial charge in [-0.15, -0.1) is 0 Å². The van der Waals surface area contributed by atoms with Crippen molar-refractivity contribution in [2.24, 2.45) is 5.10 Å². The first-order valence-electron chi connectivity index (χ1n) is 8.59. The Balaban J connectivity index is 2.18. The van der Waals surface area contributed by atoms with Crippen molar-refractivity contribution in [1.82, 2.24) is 5.43 Å². The third-order valence-corrected chi connectivity index (χ3v) is 5.18. The van der Waals surface area contributed by atoms with Gasteiger partial charge in [-0.2, -0.15) is 5.10 Å². The third-order valence-electron chi connectivity index (χ3n) is 3.70. The van der Waals surface area contributed by atoms with Crippen molar-refractivity contribution >= 4 is 45.1 Å². The Morgan fingerprint density at radius 2 is 2.03 bits per heavy atom. The highest BCUT2D eigenvalue weighted by Gasteiger charge is 2.23. The summed E-state index contributed by atoms with van der Waals surface area (Å²) < 4.78 is 30.8. The van der Waals surface area contributed by atoms with Crippen molar-refractivity contribution < 1.29 is 22.9 Å². The first kappa shape index (κ1) is 23.1. The number of nitro benzene ring substituents is 1. The average molecular weight is 455 g/mol. The number of benzene rings is 2. The number of hydrazone groups is 1. The number of nitro groups is 1. The molecule has 0 aliphatic rings. The van der Waals surface area contributed by atoms with Crippen LogP contribution in [0.15, 0.2) is 47.6 Å². The van der Waals surface area contributed by atoms with Gasteiger partial charge in [0.05, 0.1) is 29.7 Å². The molecule has 0 radical (unpaired) electrons. The SMILES string of the molecule is CCOc1ccccc1N(CC(=O)N/N=C\c1cc([N+](=O)[O-])ccc1Cl)S(C)(=O)=O. The minimum absolute atomic E-state index is 0.192. The number of nitrogens with zero attached hydrogens (tertiary/aromatic N) is 3. The highest BCUT2D eigenvalue weighted by molar-refractivity contribution is 7.92. The van der Waals surface area contributed by atoms with Crippen LogP contribution in [-0.4, -0.2) is 44.9 Å². The first-order valence-corrected chi connectivity index (χ1v) is 10.8. The summed E-state index contributed by atoms with van der Waals surface area (Å²) in [4.78, 5) is 22.5. The number of ether oxygens (including phenoxy) is 1. The van der Waals surface area contributed by atoms with Gasteiger partial charge in [-0.1, -0.05) is 23.7 Å². The third kappa shape index (κ3) is 6.16. The van der Waals surface area contributed by atoms with E-state index in [9.17, 15) is 23.3 Å². The first-order chi connectivity index (χ1) is 14.1. The molecule has 0 aromatic heterocycles. The van der Waals surface area contributed by atoms with Crippen molar-refractivity contribution in [2.75, 3.05) is 23.7 Å². The summed E-state index contributed by atoms with van der Waals surface area (Å²) in [6.45, 7) is 1.51. The lowest BCUT2D eigenvalue weighted by atomic mass is 10.2. The van der Waals surface area contributed by atoms with E-state index in [1.165, 1.54) is 24.3 Å². The summed E-state index contributed by atoms with van der Waals surface area (Å²) in [5.41, 5.74) is 2.42. The second-order valence-corrected chi connectivity index (χ2v) is 8.24. The summed E-state index contributed by atoms with van der Waals surface area (Å²) in [7, 11) is -3.81. The van der Waals surface area contributed by atoms with Crippen LogP contribution in [0.2, 0.25) is 5.02 Å². The summed E-state index contributed by atoms with van der Waals surface area (Å²) >= 11 is 5.96. The minimum Gasteiger partial charge on any atom is -0.492 e. The molecule has 0 atom stereocenters. The number of hydrogen-bond donors (Lipinski definition) is 1. The molecule has 0 unspecified atom stereocenters. The Morgan fingerprint density at radius 1 is 1.33 bits per heavy atom. The van der Waals surface area contributed by atoms with Crippen LogP contribution in [0.3, 0.4) is 0 Å². The lowest BCUT2D eigenvalue weighted by molar-refractivity contribution is -0.384. The number of rotatable bonds is 9. The fraction of sp³-hybridized carbons (Fsp3) is 0.222. The fourth-order valence-electron chi connectivity index (χ4n) is 2.41. The maximum Gasteiger partial charge on any atom is 0.270 e. The lowest BCUT2D eigenvalue weighted by Gasteiger charge is -2.23. The molecule has 1 N–H and O–H groups in total. The molecule has 2 aromatic carbocycles. The van der Waals surface area contributed by atoms with Crippen LogP contribution in [0.4, 0.5) is 11.4 Å². The molecule has 0 heterocycles. The molecule has 12 heteroatoms. The van der Waals surface area contributed by atoms with Crippen LogP contribution in [0.1, 0.15) is 12.5 Å². The van der Waals surface area contributed by atoms with Gasteiger partial charge < -0.3 is 4.74 Å². The zero-order valence-corrected chi connectivity index (χ0v) is 17.7. The van der Waals surface area contributed by atoms with E-state index in [1.54, 1.807) is 25.1 Å². The van der Waals surface area contributed by atoms with Crippen LogP contribution in [0.25, 0.3) is 0 Å². The highest BCUT2D eigenvalue weighted by Crippen LogP contribution is 2.29. The summed E-state index contributed by atoms with van der Waals surface area (Å²) in [6.07, 6.45) is 2.10. The van der Waals surface area contributed by atoms with E-state index in [0.29, 0.717) is 12.4 Å². The number of carbonyl (C=O) groups is 1. The molecule has 0 fully saturated rings. The van der Waals surface area contributed by atoms with Gasteiger partial charge in [0.2, 0.25) is 10.0 Å². The number of hydrogen-bond acceptors (Lipinski definition) is 7. The molecule has 0 aliphatic carbocycles. The molecular weight excluding hydrogens is 436 g/mol. The standard InChI is InChI=1S/C18H19ClN4O6S/c1-3-29-17-7-5-4-6-16(17)22(30(2,27)28)12-18(24)21-20-11-13-10-14(23(25)26)8-9-15(13)19/h4-11H,3,12H2,1-2H3,(H,21,24)/b20-11-. The number of carbonyl (C=O) groups excluding carboxylic acids is 1. The Hall–Kier alpha value is -3.18. The van der Waals surface area contributed by atoms with Gasteiger partial charge in [-0.3, -0.25) is 19.2 Å². The van der Waals surface area contributed by atoms with Gasteiger partial charge in [0.1, 0.15) is 12.3 Å². The highest BCUT2D eigenvalue weighted by atomic mass is 35.5. The van der Waals surface area contributed by atoms with E-state index < -0.39 is 27.4 Å². The predicted molar refractivity (Wildman–Crippen MR) is 114 cm³/mol. The maximum atomic E-state index is 12.3. The van der Waals surface area contributed by atoms with Crippen LogP contribution in [-0.2, 0) is 14.8 Å². The van der Waals surface area contributed by atoms with E-state index >= 15 is 0 Å². The van der Waals surface area contributed by atoms with E-state index in [4.69, 9.17) is 16.3 Å². The molecule has 0 spiro atoms. The predicted octanol–water partition coefficient (Wildman–Crippen LogP) is 2.56. The van der Waals surface area contributed by atoms with Gasteiger partial charge in [-0.05, 0) is 25.1 Å². The summed E-state index contributed by atoms with van der Waals surface area (Å²) in [6, 6.07) is 10.2. The molecular formula is C18H19ClN4O6S. The van der Waals surface area contributed by atoms with Gasteiger partial charge in [0.25, 0.3) is 11.6 Å². The molecule has 1 amide bonds. The van der Waals surface area contributed by atoms with Gasteiger partial charge in [-0.25, -0.2) is 13.8 Å². The quantitative estimate of drug-likeness (QED) is 0.352. The van der Waals surface area contributed by atoms with E-state index in [-0.39, 0.29) is 22.0 Å². The molecule has 0 bridgehead atoms. The fourth-order valence-corrected chi connectivity index (χ4v) is 3.43. The Kier molecular flexibility index (Phi) is 7.72. The molecule has 0 saturated carbocycles. The molecule has 30 heavy (non-hydrogen) atoms. The normalized spacial score (nSPS) is 11.3. The number of amides is 1. The van der Waals surface area contributed by atoms with Crippen molar-refractivity contribution in [2.45, 2.75) is 6.92 Å². The van der Waals surface area contributed by atoms with Crippen LogP contribution in [0, 0.1) is 10.1 Å². The topological polar surface area (TPSA) is 131 Å². The summed E-state index contributed by atoms with van der Waals surface area (Å²) in [5.74, 6) is -0.422. The van der Waals surface area contributed by atoms with Gasteiger partial charge >= 0.3 is 0 Å². The Labute approximate surface area is 178 Å². The van der Waals surface area contributed by atoms with Crippen LogP contribution < -0.4 is 14.5 Å². The second-order valence-electron chi connectivity index (χ2n) is 5.93. The van der Waals surface area contributed by atoms with Gasteiger partial charge in [0.15, 0.2) is 0 Å². The van der Waals surface area contributed by atoms with E-state index in [2.05, 4.69) is 10.5 Å². The smallest absolute Gasteiger partial charge is 0.270 e. The van der Waals surface area contributed by atoms with Gasteiger partial charge in [0, 0.05) is 22.7 Å². The molecule has 0 saturated heterocycles. The number of anilines is 1. The van der Waals surface area contributed by atoms with Crippen molar-refractivity contribution in [3.63, 3.8) is 0 Å². The molecule has 2 rings (SSSR count). The second kappa shape index (κ2) is 10.0. The van der Waals surface area contributed by atoms with Crippen molar-refractivity contribution in [3.8, 4) is 5.75 Å². The maximum absolute atomic E-state index is 12.3. The van der Waals surface area contributed by atoms with Crippen molar-refractivity contribution in [3.05, 3.63) is 63.2 Å².